The summed E-state index contributed by atoms with van der Waals surface area (Å²) in [5, 5.41) is 21.1. The molecule has 0 atom stereocenters. The number of hydrogen-bond acceptors (Lipinski definition) is 6. The van der Waals surface area contributed by atoms with Crippen LogP contribution in [-0.2, 0) is 17.6 Å². The molecule has 8 heteroatoms. The predicted octanol–water partition coefficient (Wildman–Crippen LogP) is 5.62. The predicted molar refractivity (Wildman–Crippen MR) is 127 cm³/mol. The van der Waals surface area contributed by atoms with Crippen molar-refractivity contribution < 1.29 is 19.6 Å². The maximum Gasteiger partial charge on any atom is 0.335 e. The summed E-state index contributed by atoms with van der Waals surface area (Å²) in [6, 6.07) is 17.4. The zero-order valence-electron chi connectivity index (χ0n) is 17.8. The highest BCUT2D eigenvalue weighted by molar-refractivity contribution is 7.18. The number of aryl methyl sites for hydroxylation is 2. The van der Waals surface area contributed by atoms with Crippen LogP contribution in [0.5, 0.6) is 0 Å². The Morgan fingerprint density at radius 2 is 1.82 bits per heavy atom. The molecule has 0 fully saturated rings. The lowest BCUT2D eigenvalue weighted by molar-refractivity contribution is -0.385. The fraction of sp³-hybridized carbons (Fsp3) is 0.160. The zero-order chi connectivity index (χ0) is 23.5. The van der Waals surface area contributed by atoms with Gasteiger partial charge in [-0.15, -0.1) is 11.3 Å². The zero-order valence-corrected chi connectivity index (χ0v) is 18.6. The van der Waals surface area contributed by atoms with E-state index in [1.54, 1.807) is 31.2 Å². The van der Waals surface area contributed by atoms with E-state index in [1.165, 1.54) is 17.4 Å². The third-order valence-corrected chi connectivity index (χ3v) is 6.40. The number of Topliss-reactive ketones (excluding diaryl/α,β-unsaturated/α-hetero) is 1. The first kappa shape index (κ1) is 22.3. The molecule has 1 heterocycles. The van der Waals surface area contributed by atoms with E-state index in [2.05, 4.69) is 4.98 Å². The van der Waals surface area contributed by atoms with Gasteiger partial charge >= 0.3 is 5.97 Å². The monoisotopic (exact) mass is 460 g/mol. The van der Waals surface area contributed by atoms with Crippen molar-refractivity contribution in [3.8, 4) is 11.1 Å². The van der Waals surface area contributed by atoms with E-state index in [0.717, 1.165) is 26.9 Å². The molecule has 166 valence electrons. The summed E-state index contributed by atoms with van der Waals surface area (Å²) in [4.78, 5) is 39.0. The maximum absolute atomic E-state index is 12.5. The lowest BCUT2D eigenvalue weighted by atomic mass is 10.0. The quantitative estimate of drug-likeness (QED) is 0.270. The Balaban J connectivity index is 1.47. The molecule has 0 amide bonds. The van der Waals surface area contributed by atoms with Crippen molar-refractivity contribution in [2.24, 2.45) is 0 Å². The number of aromatic nitrogens is 1. The summed E-state index contributed by atoms with van der Waals surface area (Å²) >= 11 is 1.43. The number of carboxylic acids is 1. The highest BCUT2D eigenvalue weighted by atomic mass is 32.1. The number of benzene rings is 3. The van der Waals surface area contributed by atoms with E-state index >= 15 is 0 Å². The number of ketones is 1. The van der Waals surface area contributed by atoms with Crippen molar-refractivity contribution in [1.29, 1.82) is 0 Å². The van der Waals surface area contributed by atoms with Gasteiger partial charge in [0.05, 0.1) is 27.1 Å². The largest absolute Gasteiger partial charge is 0.478 e. The topological polar surface area (TPSA) is 110 Å². The standard InChI is InChI=1S/C25H20N2O5S/c1-15-5-7-17(12-22(15)27(31)32)18-8-10-21-23(13-18)33-24(26-21)14-20(28)9-6-16-3-2-4-19(11-16)25(29)30/h2-5,7-8,10-13H,6,9,14H2,1H3,(H,29,30). The van der Waals surface area contributed by atoms with E-state index in [-0.39, 0.29) is 28.4 Å². The van der Waals surface area contributed by atoms with Crippen LogP contribution in [0.1, 0.15) is 32.9 Å². The molecule has 3 aromatic carbocycles. The van der Waals surface area contributed by atoms with Gasteiger partial charge in [0.25, 0.3) is 5.69 Å². The summed E-state index contributed by atoms with van der Waals surface area (Å²) < 4.78 is 0.910. The lowest BCUT2D eigenvalue weighted by Crippen LogP contribution is -2.05. The minimum atomic E-state index is -0.989. The van der Waals surface area contributed by atoms with Crippen molar-refractivity contribution in [3.05, 3.63) is 92.5 Å². The molecule has 0 saturated carbocycles. The number of hydrogen-bond donors (Lipinski definition) is 1. The molecule has 0 saturated heterocycles. The average molecular weight is 461 g/mol. The SMILES string of the molecule is Cc1ccc(-c2ccc3nc(CC(=O)CCc4cccc(C(=O)O)c4)sc3c2)cc1[N+](=O)[O-]. The van der Waals surface area contributed by atoms with Crippen LogP contribution in [0, 0.1) is 17.0 Å². The fourth-order valence-corrected chi connectivity index (χ4v) is 4.65. The molecule has 0 aliphatic carbocycles. The minimum absolute atomic E-state index is 0.0316. The smallest absolute Gasteiger partial charge is 0.335 e. The molecule has 0 radical (unpaired) electrons. The van der Waals surface area contributed by atoms with Crippen LogP contribution in [0.25, 0.3) is 21.3 Å². The highest BCUT2D eigenvalue weighted by Crippen LogP contribution is 2.31. The van der Waals surface area contributed by atoms with Gasteiger partial charge in [-0.3, -0.25) is 14.9 Å². The number of carbonyl (C=O) groups excluding carboxylic acids is 1. The molecule has 1 aromatic heterocycles. The Bertz CT molecular complexity index is 1390. The van der Waals surface area contributed by atoms with E-state index in [1.807, 2.05) is 30.3 Å². The number of thiazole rings is 1. The number of aromatic carboxylic acids is 1. The maximum atomic E-state index is 12.5. The van der Waals surface area contributed by atoms with Crippen LogP contribution in [0.2, 0.25) is 0 Å². The Hall–Kier alpha value is -3.91. The first-order valence-corrected chi connectivity index (χ1v) is 11.1. The molecule has 4 rings (SSSR count). The summed E-state index contributed by atoms with van der Waals surface area (Å²) in [6.07, 6.45) is 0.988. The van der Waals surface area contributed by atoms with Gasteiger partial charge in [0.1, 0.15) is 10.8 Å². The number of nitro benzene ring substituents is 1. The summed E-state index contributed by atoms with van der Waals surface area (Å²) in [5.74, 6) is -0.957. The van der Waals surface area contributed by atoms with Crippen LogP contribution in [0.4, 0.5) is 5.69 Å². The minimum Gasteiger partial charge on any atom is -0.478 e. The first-order valence-electron chi connectivity index (χ1n) is 10.3. The van der Waals surface area contributed by atoms with Gasteiger partial charge in [-0.2, -0.15) is 0 Å². The van der Waals surface area contributed by atoms with Crippen LogP contribution >= 0.6 is 11.3 Å². The highest BCUT2D eigenvalue weighted by Gasteiger charge is 2.14. The van der Waals surface area contributed by atoms with E-state index in [4.69, 9.17) is 5.11 Å². The van der Waals surface area contributed by atoms with Crippen molar-refractivity contribution in [1.82, 2.24) is 4.98 Å². The number of nitrogens with zero attached hydrogens (tertiary/aromatic N) is 2. The second-order valence-electron chi connectivity index (χ2n) is 7.77. The van der Waals surface area contributed by atoms with Gasteiger partial charge in [-0.1, -0.05) is 30.3 Å². The molecule has 7 nitrogen and oxygen atoms in total. The number of carbonyl (C=O) groups is 2. The number of carboxylic acid groups (broad SMARTS) is 1. The van der Waals surface area contributed by atoms with Gasteiger partial charge in [-0.05, 0) is 54.3 Å². The van der Waals surface area contributed by atoms with Gasteiger partial charge in [0.15, 0.2) is 0 Å². The lowest BCUT2D eigenvalue weighted by Gasteiger charge is -2.03. The second kappa shape index (κ2) is 9.30. The summed E-state index contributed by atoms with van der Waals surface area (Å²) in [7, 11) is 0. The van der Waals surface area contributed by atoms with E-state index in [0.29, 0.717) is 23.4 Å². The van der Waals surface area contributed by atoms with Crippen molar-refractivity contribution in [2.75, 3.05) is 0 Å². The molecule has 0 unspecified atom stereocenters. The Labute approximate surface area is 193 Å². The van der Waals surface area contributed by atoms with Gasteiger partial charge < -0.3 is 5.11 Å². The molecular weight excluding hydrogens is 440 g/mol. The van der Waals surface area contributed by atoms with E-state index < -0.39 is 5.97 Å². The number of fused-ring (bicyclic) bond motifs is 1. The molecule has 1 N–H and O–H groups in total. The van der Waals surface area contributed by atoms with Crippen LogP contribution < -0.4 is 0 Å². The molecule has 33 heavy (non-hydrogen) atoms. The van der Waals surface area contributed by atoms with Crippen LogP contribution in [-0.4, -0.2) is 26.8 Å². The Morgan fingerprint density at radius 3 is 2.58 bits per heavy atom. The molecule has 0 aliphatic rings. The molecular formula is C25H20N2O5S. The first-order chi connectivity index (χ1) is 15.8. The van der Waals surface area contributed by atoms with Crippen molar-refractivity contribution >= 4 is 39.0 Å². The van der Waals surface area contributed by atoms with Gasteiger partial charge in [0, 0.05) is 18.1 Å². The summed E-state index contributed by atoms with van der Waals surface area (Å²) in [6.45, 7) is 1.71. The third kappa shape index (κ3) is 5.12. The van der Waals surface area contributed by atoms with Crippen molar-refractivity contribution in [3.63, 3.8) is 0 Å². The van der Waals surface area contributed by atoms with Gasteiger partial charge in [-0.25, -0.2) is 9.78 Å². The normalized spacial score (nSPS) is 10.9. The van der Waals surface area contributed by atoms with E-state index in [9.17, 15) is 19.7 Å². The fourth-order valence-electron chi connectivity index (χ4n) is 3.61. The number of nitro groups is 1. The molecule has 0 bridgehead atoms. The average Bonchev–Trinajstić information content (AvgIpc) is 3.19. The second-order valence-corrected chi connectivity index (χ2v) is 8.88. The van der Waals surface area contributed by atoms with Crippen LogP contribution in [0.3, 0.4) is 0 Å². The Kier molecular flexibility index (Phi) is 6.28. The number of rotatable bonds is 8. The molecule has 0 spiro atoms. The molecule has 0 aliphatic heterocycles. The third-order valence-electron chi connectivity index (χ3n) is 5.39. The van der Waals surface area contributed by atoms with Crippen LogP contribution in [0.15, 0.2) is 60.7 Å². The van der Waals surface area contributed by atoms with Gasteiger partial charge in [0.2, 0.25) is 0 Å². The Morgan fingerprint density at radius 1 is 1.06 bits per heavy atom. The molecule has 4 aromatic rings. The van der Waals surface area contributed by atoms with Crippen molar-refractivity contribution in [2.45, 2.75) is 26.2 Å². The summed E-state index contributed by atoms with van der Waals surface area (Å²) in [5.41, 5.74) is 4.09.